The number of ether oxygens (including phenoxy) is 2. The first kappa shape index (κ1) is 22.6. The van der Waals surface area contributed by atoms with Gasteiger partial charge in [0.15, 0.2) is 6.61 Å². The van der Waals surface area contributed by atoms with Crippen LogP contribution >= 0.6 is 23.2 Å². The fourth-order valence-electron chi connectivity index (χ4n) is 2.80. The monoisotopic (exact) mass is 459 g/mol. The molecular formula is C22H19Cl2N3O4. The number of hydrogen-bond acceptors (Lipinski definition) is 5. The molecule has 1 fully saturated rings. The van der Waals surface area contributed by atoms with Gasteiger partial charge in [-0.25, -0.2) is 0 Å². The molecule has 0 bridgehead atoms. The molecular weight excluding hydrogens is 441 g/mol. The fourth-order valence-corrected chi connectivity index (χ4v) is 3.10. The van der Waals surface area contributed by atoms with Crippen molar-refractivity contribution in [1.82, 2.24) is 4.90 Å². The van der Waals surface area contributed by atoms with Gasteiger partial charge in [-0.15, -0.1) is 0 Å². The van der Waals surface area contributed by atoms with Crippen LogP contribution in [0.25, 0.3) is 6.08 Å². The SMILES string of the molecule is N#C/C(=C/c1ccc(OCC(=O)N2CCOCC2)cc1)C(=O)Nc1ccc(Cl)c(Cl)c1. The second-order valence-corrected chi connectivity index (χ2v) is 7.42. The lowest BCUT2D eigenvalue weighted by atomic mass is 10.1. The Bertz CT molecular complexity index is 1030. The van der Waals surface area contributed by atoms with Gasteiger partial charge in [-0.2, -0.15) is 5.26 Å². The van der Waals surface area contributed by atoms with Crippen molar-refractivity contribution in [2.24, 2.45) is 0 Å². The molecule has 0 saturated carbocycles. The van der Waals surface area contributed by atoms with Crippen LogP contribution in [0, 0.1) is 11.3 Å². The van der Waals surface area contributed by atoms with Crippen LogP contribution in [-0.2, 0) is 14.3 Å². The molecule has 2 aromatic carbocycles. The third-order valence-corrected chi connectivity index (χ3v) is 5.20. The minimum atomic E-state index is -0.572. The summed E-state index contributed by atoms with van der Waals surface area (Å²) in [4.78, 5) is 26.2. The van der Waals surface area contributed by atoms with Gasteiger partial charge in [0.25, 0.3) is 11.8 Å². The van der Waals surface area contributed by atoms with Gasteiger partial charge < -0.3 is 19.7 Å². The standard InChI is InChI=1S/C22H19Cl2N3O4/c23-19-6-3-17(12-20(19)24)26-22(29)16(13-25)11-15-1-4-18(5-2-15)31-14-21(28)27-7-9-30-10-8-27/h1-6,11-12H,7-10,14H2,(H,26,29)/b16-11-. The van der Waals surface area contributed by atoms with E-state index in [1.807, 2.05) is 6.07 Å². The Morgan fingerprint density at radius 2 is 1.84 bits per heavy atom. The zero-order chi connectivity index (χ0) is 22.2. The third-order valence-electron chi connectivity index (χ3n) is 4.46. The van der Waals surface area contributed by atoms with Crippen LogP contribution < -0.4 is 10.1 Å². The van der Waals surface area contributed by atoms with E-state index >= 15 is 0 Å². The van der Waals surface area contributed by atoms with Gasteiger partial charge in [-0.3, -0.25) is 9.59 Å². The lowest BCUT2D eigenvalue weighted by Crippen LogP contribution is -2.42. The van der Waals surface area contributed by atoms with Crippen LogP contribution in [0.2, 0.25) is 10.0 Å². The van der Waals surface area contributed by atoms with Gasteiger partial charge in [0.2, 0.25) is 0 Å². The number of hydrogen-bond donors (Lipinski definition) is 1. The highest BCUT2D eigenvalue weighted by molar-refractivity contribution is 6.42. The van der Waals surface area contributed by atoms with E-state index in [0.29, 0.717) is 53.3 Å². The van der Waals surface area contributed by atoms with Crippen molar-refractivity contribution in [1.29, 1.82) is 5.26 Å². The second-order valence-electron chi connectivity index (χ2n) is 6.60. The Hall–Kier alpha value is -3.05. The van der Waals surface area contributed by atoms with Crippen molar-refractivity contribution in [3.63, 3.8) is 0 Å². The largest absolute Gasteiger partial charge is 0.484 e. The van der Waals surface area contributed by atoms with Gasteiger partial charge in [0.05, 0.1) is 23.3 Å². The molecule has 0 atom stereocenters. The molecule has 0 radical (unpaired) electrons. The Morgan fingerprint density at radius 1 is 1.13 bits per heavy atom. The van der Waals surface area contributed by atoms with Crippen LogP contribution in [0.3, 0.4) is 0 Å². The second kappa shape index (κ2) is 10.8. The van der Waals surface area contributed by atoms with Gasteiger partial charge >= 0.3 is 0 Å². The highest BCUT2D eigenvalue weighted by Crippen LogP contribution is 2.25. The van der Waals surface area contributed by atoms with Crippen molar-refractivity contribution in [2.45, 2.75) is 0 Å². The number of morpholine rings is 1. The van der Waals surface area contributed by atoms with Crippen molar-refractivity contribution in [2.75, 3.05) is 38.2 Å². The van der Waals surface area contributed by atoms with Gasteiger partial charge in [-0.05, 0) is 42.0 Å². The summed E-state index contributed by atoms with van der Waals surface area (Å²) in [5.74, 6) is -0.159. The zero-order valence-electron chi connectivity index (χ0n) is 16.4. The topological polar surface area (TPSA) is 91.7 Å². The first-order valence-corrected chi connectivity index (χ1v) is 10.2. The van der Waals surface area contributed by atoms with Crippen molar-refractivity contribution in [3.8, 4) is 11.8 Å². The minimum absolute atomic E-state index is 0.0648. The number of carbonyl (C=O) groups is 2. The molecule has 1 aliphatic heterocycles. The summed E-state index contributed by atoms with van der Waals surface area (Å²) in [7, 11) is 0. The summed E-state index contributed by atoms with van der Waals surface area (Å²) in [5, 5.41) is 12.6. The molecule has 9 heteroatoms. The summed E-state index contributed by atoms with van der Waals surface area (Å²) in [6.07, 6.45) is 1.45. The van der Waals surface area contributed by atoms with Gasteiger partial charge in [-0.1, -0.05) is 35.3 Å². The highest BCUT2D eigenvalue weighted by atomic mass is 35.5. The molecule has 1 saturated heterocycles. The molecule has 0 aliphatic carbocycles. The normalized spacial score (nSPS) is 14.0. The van der Waals surface area contributed by atoms with E-state index in [4.69, 9.17) is 32.7 Å². The van der Waals surface area contributed by atoms with Crippen molar-refractivity contribution in [3.05, 3.63) is 63.6 Å². The number of benzene rings is 2. The number of rotatable bonds is 6. The number of halogens is 2. The van der Waals surface area contributed by atoms with Crippen LogP contribution in [0.15, 0.2) is 48.0 Å². The summed E-state index contributed by atoms with van der Waals surface area (Å²) in [6.45, 7) is 2.13. The van der Waals surface area contributed by atoms with E-state index in [1.165, 1.54) is 12.1 Å². The maximum absolute atomic E-state index is 12.4. The van der Waals surface area contributed by atoms with Gasteiger partial charge in [0, 0.05) is 18.8 Å². The Balaban J connectivity index is 1.59. The smallest absolute Gasteiger partial charge is 0.266 e. The molecule has 0 unspecified atom stereocenters. The number of amides is 2. The zero-order valence-corrected chi connectivity index (χ0v) is 17.9. The van der Waals surface area contributed by atoms with E-state index in [1.54, 1.807) is 41.3 Å². The van der Waals surface area contributed by atoms with E-state index in [9.17, 15) is 14.9 Å². The fraction of sp³-hybridized carbons (Fsp3) is 0.227. The maximum Gasteiger partial charge on any atom is 0.266 e. The van der Waals surface area contributed by atoms with Crippen molar-refractivity contribution < 1.29 is 19.1 Å². The quantitative estimate of drug-likeness (QED) is 0.524. The number of nitrogens with zero attached hydrogens (tertiary/aromatic N) is 2. The number of nitrogens with one attached hydrogen (secondary N) is 1. The molecule has 2 aromatic rings. The van der Waals surface area contributed by atoms with Crippen molar-refractivity contribution >= 4 is 46.8 Å². The summed E-state index contributed by atoms with van der Waals surface area (Å²) >= 11 is 11.8. The average Bonchev–Trinajstić information content (AvgIpc) is 2.79. The Labute approximate surface area is 189 Å². The molecule has 1 heterocycles. The molecule has 1 aliphatic rings. The lowest BCUT2D eigenvalue weighted by Gasteiger charge is -2.26. The average molecular weight is 460 g/mol. The van der Waals surface area contributed by atoms with Crippen LogP contribution in [0.4, 0.5) is 5.69 Å². The summed E-state index contributed by atoms with van der Waals surface area (Å²) in [5.41, 5.74) is 0.976. The highest BCUT2D eigenvalue weighted by Gasteiger charge is 2.17. The van der Waals surface area contributed by atoms with E-state index in [2.05, 4.69) is 5.32 Å². The lowest BCUT2D eigenvalue weighted by molar-refractivity contribution is -0.137. The molecule has 31 heavy (non-hydrogen) atoms. The first-order chi connectivity index (χ1) is 15.0. The van der Waals surface area contributed by atoms with Crippen LogP contribution in [0.5, 0.6) is 5.75 Å². The van der Waals surface area contributed by atoms with E-state index < -0.39 is 5.91 Å². The summed E-state index contributed by atoms with van der Waals surface area (Å²) in [6, 6.07) is 13.3. The Kier molecular flexibility index (Phi) is 7.90. The predicted octanol–water partition coefficient (Wildman–Crippen LogP) is 3.78. The minimum Gasteiger partial charge on any atom is -0.484 e. The van der Waals surface area contributed by atoms with Gasteiger partial charge in [0.1, 0.15) is 17.4 Å². The maximum atomic E-state index is 12.4. The molecule has 160 valence electrons. The molecule has 1 N–H and O–H groups in total. The third kappa shape index (κ3) is 6.46. The summed E-state index contributed by atoms with van der Waals surface area (Å²) < 4.78 is 10.8. The van der Waals surface area contributed by atoms with Crippen LogP contribution in [-0.4, -0.2) is 49.6 Å². The predicted molar refractivity (Wildman–Crippen MR) is 118 cm³/mol. The number of anilines is 1. The Morgan fingerprint density at radius 3 is 2.48 bits per heavy atom. The molecule has 0 spiro atoms. The number of carbonyl (C=O) groups excluding carboxylic acids is 2. The molecule has 3 rings (SSSR count). The molecule has 7 nitrogen and oxygen atoms in total. The molecule has 2 amide bonds. The molecule has 0 aromatic heterocycles. The van der Waals surface area contributed by atoms with Crippen LogP contribution in [0.1, 0.15) is 5.56 Å². The van der Waals surface area contributed by atoms with E-state index in [0.717, 1.165) is 0 Å². The number of nitriles is 1. The first-order valence-electron chi connectivity index (χ1n) is 9.43. The van der Waals surface area contributed by atoms with E-state index in [-0.39, 0.29) is 18.1 Å².